The van der Waals surface area contributed by atoms with Gasteiger partial charge >= 0.3 is 6.18 Å². The number of alkyl halides is 3. The fraction of sp³-hybridized carbons (Fsp3) is 0.111. The maximum Gasteiger partial charge on any atom is 0.417 e. The average molecular weight is 212 g/mol. The lowest BCUT2D eigenvalue weighted by molar-refractivity contribution is -0.137. The summed E-state index contributed by atoms with van der Waals surface area (Å²) < 4.78 is 36.6. The van der Waals surface area contributed by atoms with Gasteiger partial charge < -0.3 is 4.98 Å². The van der Waals surface area contributed by atoms with Crippen molar-refractivity contribution < 1.29 is 13.2 Å². The molecule has 0 amide bonds. The van der Waals surface area contributed by atoms with Gasteiger partial charge in [-0.1, -0.05) is 0 Å². The molecule has 0 spiro atoms. The summed E-state index contributed by atoms with van der Waals surface area (Å²) in [4.78, 5) is 12.9. The van der Waals surface area contributed by atoms with Gasteiger partial charge in [-0.15, -0.1) is 0 Å². The van der Waals surface area contributed by atoms with Gasteiger partial charge in [0.15, 0.2) is 6.07 Å². The van der Waals surface area contributed by atoms with E-state index in [-0.39, 0.29) is 5.56 Å². The molecule has 1 heterocycles. The molecule has 1 aromatic heterocycles. The Labute approximate surface area is 82.2 Å². The number of rotatable bonds is 0. The van der Waals surface area contributed by atoms with E-state index in [0.29, 0.717) is 12.3 Å². The zero-order valence-corrected chi connectivity index (χ0v) is 7.14. The summed E-state index contributed by atoms with van der Waals surface area (Å²) in [5.74, 6) is 3.87. The molecule has 0 atom stereocenters. The Balaban J connectivity index is 3.31. The van der Waals surface area contributed by atoms with Crippen LogP contribution in [0.15, 0.2) is 17.1 Å². The number of hydrogen-bond donors (Lipinski definition) is 1. The molecule has 0 aliphatic rings. The summed E-state index contributed by atoms with van der Waals surface area (Å²) in [6.45, 7) is 0. The summed E-state index contributed by atoms with van der Waals surface area (Å²) in [6, 6.07) is 2.01. The first kappa shape index (κ1) is 10.9. The number of pyridine rings is 1. The van der Waals surface area contributed by atoms with Crippen molar-refractivity contribution in [2.45, 2.75) is 6.18 Å². The molecular weight excluding hydrogens is 209 g/mol. The Kier molecular flexibility index (Phi) is 2.82. The van der Waals surface area contributed by atoms with E-state index >= 15 is 0 Å². The lowest BCUT2D eigenvalue weighted by Gasteiger charge is -2.05. The molecule has 0 aliphatic carbocycles. The zero-order valence-electron chi connectivity index (χ0n) is 7.14. The van der Waals surface area contributed by atoms with Crippen LogP contribution in [0.2, 0.25) is 0 Å². The van der Waals surface area contributed by atoms with Crippen LogP contribution in [-0.2, 0) is 6.18 Å². The van der Waals surface area contributed by atoms with Gasteiger partial charge in [0.2, 0.25) is 0 Å². The Morgan fingerprint density at radius 2 is 2.07 bits per heavy atom. The van der Waals surface area contributed by atoms with E-state index in [4.69, 9.17) is 5.26 Å². The average Bonchev–Trinajstić information content (AvgIpc) is 2.15. The van der Waals surface area contributed by atoms with Crippen LogP contribution < -0.4 is 5.56 Å². The molecule has 6 heteroatoms. The summed E-state index contributed by atoms with van der Waals surface area (Å²) >= 11 is 0. The molecule has 1 rings (SSSR count). The predicted molar refractivity (Wildman–Crippen MR) is 44.6 cm³/mol. The van der Waals surface area contributed by atoms with Crippen LogP contribution in [0.1, 0.15) is 11.1 Å². The van der Waals surface area contributed by atoms with Crippen molar-refractivity contribution in [1.82, 2.24) is 4.98 Å². The van der Waals surface area contributed by atoms with Gasteiger partial charge in [0.1, 0.15) is 0 Å². The van der Waals surface area contributed by atoms with Crippen LogP contribution in [0.25, 0.3) is 0 Å². The fourth-order valence-corrected chi connectivity index (χ4v) is 0.836. The van der Waals surface area contributed by atoms with Gasteiger partial charge in [0.25, 0.3) is 5.56 Å². The van der Waals surface area contributed by atoms with Crippen LogP contribution in [0.4, 0.5) is 13.2 Å². The number of halogens is 3. The maximum absolute atomic E-state index is 12.2. The second kappa shape index (κ2) is 3.89. The number of hydrogen-bond acceptors (Lipinski definition) is 2. The fourth-order valence-electron chi connectivity index (χ4n) is 0.836. The number of nitrogens with zero attached hydrogens (tertiary/aromatic N) is 1. The van der Waals surface area contributed by atoms with Crippen LogP contribution in [0.3, 0.4) is 0 Å². The molecule has 0 bridgehead atoms. The first-order valence-corrected chi connectivity index (χ1v) is 3.65. The summed E-state index contributed by atoms with van der Waals surface area (Å²) in [6.07, 6.45) is -3.99. The second-order valence-electron chi connectivity index (χ2n) is 2.49. The largest absolute Gasteiger partial charge is 0.417 e. The predicted octanol–water partition coefficient (Wildman–Crippen LogP) is 1.27. The minimum absolute atomic E-state index is 0.383. The molecule has 0 saturated carbocycles. The van der Waals surface area contributed by atoms with Gasteiger partial charge in [-0.3, -0.25) is 4.79 Å². The van der Waals surface area contributed by atoms with Gasteiger partial charge in [0, 0.05) is 12.1 Å². The van der Waals surface area contributed by atoms with Crippen LogP contribution >= 0.6 is 0 Å². The zero-order chi connectivity index (χ0) is 11.5. The standard InChI is InChI=1S/C9H3F3N2O/c10-9(11,12)7-4-6(2-1-3-13)8(15)14-5-7/h4-5H,(H,14,15). The van der Waals surface area contributed by atoms with Crippen molar-refractivity contribution in [2.75, 3.05) is 0 Å². The van der Waals surface area contributed by atoms with E-state index in [9.17, 15) is 18.0 Å². The van der Waals surface area contributed by atoms with Crippen molar-refractivity contribution in [1.29, 1.82) is 5.26 Å². The lowest BCUT2D eigenvalue weighted by Crippen LogP contribution is -2.14. The van der Waals surface area contributed by atoms with Crippen LogP contribution in [0.5, 0.6) is 0 Å². The molecule has 0 saturated heterocycles. The van der Waals surface area contributed by atoms with E-state index < -0.39 is 17.3 Å². The van der Waals surface area contributed by atoms with Gasteiger partial charge in [-0.05, 0) is 12.0 Å². The molecule has 76 valence electrons. The first-order chi connectivity index (χ1) is 6.95. The molecule has 0 fully saturated rings. The normalized spacial score (nSPS) is 10.0. The van der Waals surface area contributed by atoms with Crippen LogP contribution in [-0.4, -0.2) is 4.98 Å². The molecular formula is C9H3F3N2O. The van der Waals surface area contributed by atoms with Gasteiger partial charge in [-0.2, -0.15) is 18.4 Å². The Morgan fingerprint density at radius 3 is 2.60 bits per heavy atom. The molecule has 3 nitrogen and oxygen atoms in total. The van der Waals surface area contributed by atoms with E-state index in [1.165, 1.54) is 6.07 Å². The van der Waals surface area contributed by atoms with E-state index in [1.54, 1.807) is 0 Å². The first-order valence-electron chi connectivity index (χ1n) is 3.65. The third kappa shape index (κ3) is 2.61. The highest BCUT2D eigenvalue weighted by Gasteiger charge is 2.31. The molecule has 0 unspecified atom stereocenters. The smallest absolute Gasteiger partial charge is 0.327 e. The number of nitriles is 1. The van der Waals surface area contributed by atoms with Crippen molar-refractivity contribution in [2.24, 2.45) is 0 Å². The third-order valence-electron chi connectivity index (χ3n) is 1.48. The highest BCUT2D eigenvalue weighted by Crippen LogP contribution is 2.28. The number of aromatic nitrogens is 1. The summed E-state index contributed by atoms with van der Waals surface area (Å²) in [5.41, 5.74) is -2.15. The summed E-state index contributed by atoms with van der Waals surface area (Å²) in [5, 5.41) is 8.09. The molecule has 1 N–H and O–H groups in total. The van der Waals surface area contributed by atoms with E-state index in [0.717, 1.165) is 0 Å². The van der Waals surface area contributed by atoms with Crippen molar-refractivity contribution in [3.63, 3.8) is 0 Å². The minimum atomic E-state index is -4.55. The topological polar surface area (TPSA) is 56.6 Å². The minimum Gasteiger partial charge on any atom is -0.327 e. The van der Waals surface area contributed by atoms with Crippen molar-refractivity contribution in [3.05, 3.63) is 33.7 Å². The monoisotopic (exact) mass is 212 g/mol. The SMILES string of the molecule is N#CC#Cc1cc(C(F)(F)F)c[nH]c1=O. The molecule has 1 aromatic rings. The number of nitrogens with one attached hydrogen (secondary N) is 1. The highest BCUT2D eigenvalue weighted by molar-refractivity contribution is 5.38. The number of aromatic amines is 1. The molecule has 0 radical (unpaired) electrons. The third-order valence-corrected chi connectivity index (χ3v) is 1.48. The Bertz CT molecular complexity index is 525. The quantitative estimate of drug-likeness (QED) is 0.658. The number of H-pyrrole nitrogens is 1. The second-order valence-corrected chi connectivity index (χ2v) is 2.49. The summed E-state index contributed by atoms with van der Waals surface area (Å²) in [7, 11) is 0. The van der Waals surface area contributed by atoms with E-state index in [1.807, 2.05) is 16.8 Å². The Hall–Kier alpha value is -2.21. The van der Waals surface area contributed by atoms with Crippen molar-refractivity contribution in [3.8, 4) is 17.9 Å². The molecule has 0 aliphatic heterocycles. The van der Waals surface area contributed by atoms with Gasteiger partial charge in [-0.25, -0.2) is 0 Å². The molecule has 15 heavy (non-hydrogen) atoms. The van der Waals surface area contributed by atoms with Crippen molar-refractivity contribution >= 4 is 0 Å². The van der Waals surface area contributed by atoms with Gasteiger partial charge in [0.05, 0.1) is 11.1 Å². The highest BCUT2D eigenvalue weighted by atomic mass is 19.4. The lowest BCUT2D eigenvalue weighted by atomic mass is 10.2. The maximum atomic E-state index is 12.2. The van der Waals surface area contributed by atoms with E-state index in [2.05, 4.69) is 0 Å². The Morgan fingerprint density at radius 1 is 1.40 bits per heavy atom. The van der Waals surface area contributed by atoms with Crippen LogP contribution in [0, 0.1) is 23.2 Å². The molecule has 0 aromatic carbocycles.